The third-order valence-electron chi connectivity index (χ3n) is 11.4. The van der Waals surface area contributed by atoms with Crippen LogP contribution in [0.4, 0.5) is 0 Å². The fourth-order valence-electron chi connectivity index (χ4n) is 10.1. The Labute approximate surface area is 210 Å². The molecule has 4 aliphatic carbocycles. The fourth-order valence-corrected chi connectivity index (χ4v) is 10.1. The molecule has 36 heavy (non-hydrogen) atoms. The van der Waals surface area contributed by atoms with E-state index in [2.05, 4.69) is 6.92 Å². The molecule has 8 heteroatoms. The van der Waals surface area contributed by atoms with Crippen molar-refractivity contribution in [3.05, 3.63) is 34.4 Å². The Bertz CT molecular complexity index is 1140. The molecule has 0 amide bonds. The molecule has 0 radical (unpaired) electrons. The number of esters is 1. The summed E-state index contributed by atoms with van der Waals surface area (Å²) in [5, 5.41) is 12.6. The predicted octanol–water partition coefficient (Wildman–Crippen LogP) is 3.64. The summed E-state index contributed by atoms with van der Waals surface area (Å²) in [7, 11) is 0. The molecule has 7 aliphatic rings. The number of hydrogen-bond donors (Lipinski definition) is 1. The third kappa shape index (κ3) is 2.74. The summed E-state index contributed by atoms with van der Waals surface area (Å²) in [6.07, 6.45) is 7.93. The van der Waals surface area contributed by atoms with Gasteiger partial charge < -0.3 is 28.5 Å². The van der Waals surface area contributed by atoms with Gasteiger partial charge in [-0.3, -0.25) is 4.79 Å². The van der Waals surface area contributed by atoms with E-state index in [1.54, 1.807) is 6.26 Å². The van der Waals surface area contributed by atoms with Crippen LogP contribution in [-0.2, 0) is 23.7 Å². The first-order chi connectivity index (χ1) is 17.0. The minimum Gasteiger partial charge on any atom is -0.465 e. The molecule has 196 valence electrons. The van der Waals surface area contributed by atoms with Crippen molar-refractivity contribution in [2.24, 2.45) is 22.7 Å². The molecule has 1 aromatic heterocycles. The van der Waals surface area contributed by atoms with E-state index in [9.17, 15) is 14.7 Å². The number of aliphatic hydroxyl groups is 1. The second-order valence-electron chi connectivity index (χ2n) is 12.7. The van der Waals surface area contributed by atoms with Crippen molar-refractivity contribution in [1.29, 1.82) is 0 Å². The highest BCUT2D eigenvalue weighted by Gasteiger charge is 2.79. The van der Waals surface area contributed by atoms with Crippen LogP contribution in [-0.4, -0.2) is 47.1 Å². The molecule has 0 aromatic carbocycles. The number of carbonyl (C=O) groups excluding carboxylic acids is 1. The van der Waals surface area contributed by atoms with E-state index < -0.39 is 22.6 Å². The Balaban J connectivity index is 1.30. The molecule has 8 rings (SSSR count). The van der Waals surface area contributed by atoms with E-state index in [0.29, 0.717) is 6.42 Å². The molecule has 0 unspecified atom stereocenters. The Morgan fingerprint density at radius 3 is 2.64 bits per heavy atom. The first-order valence-electron chi connectivity index (χ1n) is 13.5. The van der Waals surface area contributed by atoms with Crippen molar-refractivity contribution >= 4 is 5.97 Å². The van der Waals surface area contributed by atoms with Gasteiger partial charge in [-0.25, -0.2) is 4.79 Å². The summed E-state index contributed by atoms with van der Waals surface area (Å²) in [6.45, 7) is 5.78. The SMILES string of the molecule is CC(=O)OC[C@]12[C@H]3C[C@H]4C[C@]1(CC[C@@H]1[C@@H]2CC[C@]2(C)[C@@H](c5ccc(=O)oc5)CC[C@]12O)O[C@](C)(O4)O3. The summed E-state index contributed by atoms with van der Waals surface area (Å²) in [6, 6.07) is 3.34. The van der Waals surface area contributed by atoms with Gasteiger partial charge in [0.25, 0.3) is 5.97 Å². The van der Waals surface area contributed by atoms with Gasteiger partial charge in [-0.15, -0.1) is 0 Å². The maximum Gasteiger partial charge on any atom is 0.335 e. The van der Waals surface area contributed by atoms with Crippen LogP contribution >= 0.6 is 0 Å². The van der Waals surface area contributed by atoms with Crippen LogP contribution < -0.4 is 5.63 Å². The van der Waals surface area contributed by atoms with Crippen LogP contribution in [0.2, 0.25) is 0 Å². The van der Waals surface area contributed by atoms with E-state index in [4.69, 9.17) is 23.4 Å². The first-order valence-corrected chi connectivity index (χ1v) is 13.5. The predicted molar refractivity (Wildman–Crippen MR) is 126 cm³/mol. The second kappa shape index (κ2) is 7.22. The highest BCUT2D eigenvalue weighted by Crippen LogP contribution is 2.74. The number of rotatable bonds is 3. The van der Waals surface area contributed by atoms with Gasteiger partial charge >= 0.3 is 11.6 Å². The normalized spacial score (nSPS) is 52.4. The Morgan fingerprint density at radius 2 is 1.92 bits per heavy atom. The number of carbonyl (C=O) groups is 1. The Hall–Kier alpha value is -1.74. The van der Waals surface area contributed by atoms with E-state index in [0.717, 1.165) is 50.5 Å². The van der Waals surface area contributed by atoms with Crippen molar-refractivity contribution in [2.45, 2.75) is 107 Å². The van der Waals surface area contributed by atoms with Crippen LogP contribution in [0, 0.1) is 22.7 Å². The van der Waals surface area contributed by atoms with Crippen molar-refractivity contribution in [3.63, 3.8) is 0 Å². The van der Waals surface area contributed by atoms with Crippen LogP contribution in [0.5, 0.6) is 0 Å². The van der Waals surface area contributed by atoms with Crippen molar-refractivity contribution in [1.82, 2.24) is 0 Å². The smallest absolute Gasteiger partial charge is 0.335 e. The molecule has 4 bridgehead atoms. The van der Waals surface area contributed by atoms with Gasteiger partial charge in [0, 0.05) is 38.2 Å². The quantitative estimate of drug-likeness (QED) is 0.628. The van der Waals surface area contributed by atoms with E-state index in [-0.39, 0.29) is 53.6 Å². The van der Waals surface area contributed by atoms with Gasteiger partial charge in [0.1, 0.15) is 6.61 Å². The van der Waals surface area contributed by atoms with E-state index >= 15 is 0 Å². The molecule has 1 N–H and O–H groups in total. The monoisotopic (exact) mass is 500 g/mol. The molecule has 7 fully saturated rings. The Morgan fingerprint density at radius 1 is 1.11 bits per heavy atom. The topological polar surface area (TPSA) is 104 Å². The fraction of sp³-hybridized carbons (Fsp3) is 0.786. The molecule has 1 spiro atoms. The molecular weight excluding hydrogens is 464 g/mol. The molecular formula is C28H36O8. The van der Waals surface area contributed by atoms with Gasteiger partial charge in [-0.1, -0.05) is 6.92 Å². The van der Waals surface area contributed by atoms with Crippen LogP contribution in [0.25, 0.3) is 0 Å². The highest BCUT2D eigenvalue weighted by atomic mass is 16.9. The summed E-state index contributed by atoms with van der Waals surface area (Å²) < 4.78 is 30.3. The van der Waals surface area contributed by atoms with Gasteiger partial charge in [0.15, 0.2) is 0 Å². The molecule has 8 nitrogen and oxygen atoms in total. The van der Waals surface area contributed by atoms with E-state index in [1.807, 2.05) is 13.0 Å². The van der Waals surface area contributed by atoms with Gasteiger partial charge in [-0.05, 0) is 67.9 Å². The van der Waals surface area contributed by atoms with Crippen LogP contribution in [0.1, 0.15) is 83.6 Å². The van der Waals surface area contributed by atoms with Crippen LogP contribution in [0.15, 0.2) is 27.6 Å². The van der Waals surface area contributed by atoms with Crippen molar-refractivity contribution in [2.75, 3.05) is 6.61 Å². The lowest BCUT2D eigenvalue weighted by Crippen LogP contribution is -2.81. The number of hydrogen-bond acceptors (Lipinski definition) is 8. The van der Waals surface area contributed by atoms with Gasteiger partial charge in [0.2, 0.25) is 0 Å². The lowest BCUT2D eigenvalue weighted by atomic mass is 9.40. The number of fused-ring (bicyclic) bond motifs is 3. The second-order valence-corrected chi connectivity index (χ2v) is 12.7. The molecule has 3 saturated heterocycles. The Kier molecular flexibility index (Phi) is 4.69. The van der Waals surface area contributed by atoms with E-state index in [1.165, 1.54) is 13.0 Å². The largest absolute Gasteiger partial charge is 0.465 e. The standard InChI is InChI=1S/C28H36O8/c1-16(29)33-15-27-20-6-9-24(2)19(17-4-5-23(30)32-14-17)8-11-28(24,31)21(20)7-10-26(27)13-18-12-22(27)35-25(3,34-18)36-26/h4-5,14,18-22,31H,6-13,15H2,1-3H3/t18-,19+,20-,21+,22+,24+,25+,26-,27-,28-/m0/s1. The molecule has 4 heterocycles. The molecule has 3 aliphatic heterocycles. The van der Waals surface area contributed by atoms with Crippen molar-refractivity contribution < 1.29 is 33.3 Å². The average molecular weight is 501 g/mol. The lowest BCUT2D eigenvalue weighted by molar-refractivity contribution is -0.552. The maximum absolute atomic E-state index is 12.6. The number of ether oxygens (including phenoxy) is 4. The summed E-state index contributed by atoms with van der Waals surface area (Å²) in [4.78, 5) is 23.7. The average Bonchev–Trinajstić information content (AvgIpc) is 3.08. The molecule has 10 atom stereocenters. The highest BCUT2D eigenvalue weighted by molar-refractivity contribution is 5.66. The van der Waals surface area contributed by atoms with Crippen LogP contribution in [0.3, 0.4) is 0 Å². The zero-order valence-electron chi connectivity index (χ0n) is 21.3. The van der Waals surface area contributed by atoms with Gasteiger partial charge in [0.05, 0.1) is 35.1 Å². The summed E-state index contributed by atoms with van der Waals surface area (Å²) >= 11 is 0. The van der Waals surface area contributed by atoms with Gasteiger partial charge in [-0.2, -0.15) is 0 Å². The zero-order valence-corrected chi connectivity index (χ0v) is 21.3. The molecule has 4 saturated carbocycles. The third-order valence-corrected chi connectivity index (χ3v) is 11.4. The lowest BCUT2D eigenvalue weighted by Gasteiger charge is -2.74. The molecule has 1 aromatic rings. The van der Waals surface area contributed by atoms with Crippen molar-refractivity contribution in [3.8, 4) is 0 Å². The first kappa shape index (κ1) is 23.4. The maximum atomic E-state index is 12.6. The minimum atomic E-state index is -1.06. The minimum absolute atomic E-state index is 0.0385. The summed E-state index contributed by atoms with van der Waals surface area (Å²) in [5.41, 5.74) is -1.60. The zero-order chi connectivity index (χ0) is 25.1. The summed E-state index contributed by atoms with van der Waals surface area (Å²) in [5.74, 6) is -1.11.